The highest BCUT2D eigenvalue weighted by Gasteiger charge is 2.21. The lowest BCUT2D eigenvalue weighted by atomic mass is 9.99. The van der Waals surface area contributed by atoms with Crippen LogP contribution in [0.1, 0.15) is 52.4 Å². The minimum atomic E-state index is -0.578. The van der Waals surface area contributed by atoms with Gasteiger partial charge in [-0.2, -0.15) is 0 Å². The molecule has 0 aromatic heterocycles. The topological polar surface area (TPSA) is 72.8 Å². The van der Waals surface area contributed by atoms with Crippen molar-refractivity contribution in [2.24, 2.45) is 0 Å². The van der Waals surface area contributed by atoms with Gasteiger partial charge < -0.3 is 14.6 Å². The van der Waals surface area contributed by atoms with E-state index in [2.05, 4.69) is 6.08 Å². The molecular weight excluding hydrogens is 344 g/mol. The normalized spacial score (nSPS) is 34.9. The molecule has 3 atom stereocenters. The summed E-state index contributed by atoms with van der Waals surface area (Å²) in [4.78, 5) is 24.0. The highest BCUT2D eigenvalue weighted by atomic mass is 16.5. The van der Waals surface area contributed by atoms with Crippen LogP contribution in [0.15, 0.2) is 47.6 Å². The zero-order valence-electron chi connectivity index (χ0n) is 16.2. The summed E-state index contributed by atoms with van der Waals surface area (Å²) in [5.74, 6) is -0.475. The summed E-state index contributed by atoms with van der Waals surface area (Å²) < 4.78 is 11.4. The molecule has 5 nitrogen and oxygen atoms in total. The van der Waals surface area contributed by atoms with Crippen LogP contribution in [0.5, 0.6) is 0 Å². The SMILES string of the molecule is C/C1=C/C=C/C(=O)O[C@H](CO)C/C(C)=C/[C@@H]2CCC[C@H](C/C=C/C(=O)C1)O2. The number of esters is 1. The first-order valence-electron chi connectivity index (χ1n) is 9.63. The third-order valence-corrected chi connectivity index (χ3v) is 4.66. The van der Waals surface area contributed by atoms with Crippen molar-refractivity contribution in [1.29, 1.82) is 0 Å². The molecular formula is C22H30O5. The number of carbonyl (C=O) groups excluding carboxylic acids is 2. The van der Waals surface area contributed by atoms with E-state index in [0.29, 0.717) is 12.8 Å². The van der Waals surface area contributed by atoms with Crippen LogP contribution in [0.3, 0.4) is 0 Å². The van der Waals surface area contributed by atoms with Crippen molar-refractivity contribution in [1.82, 2.24) is 0 Å². The molecule has 0 spiro atoms. The van der Waals surface area contributed by atoms with Gasteiger partial charge in [-0.3, -0.25) is 4.79 Å². The van der Waals surface area contributed by atoms with Gasteiger partial charge in [0.05, 0.1) is 18.8 Å². The number of hydrogen-bond donors (Lipinski definition) is 1. The van der Waals surface area contributed by atoms with Gasteiger partial charge >= 0.3 is 5.97 Å². The summed E-state index contributed by atoms with van der Waals surface area (Å²) in [7, 11) is 0. The Hall–Kier alpha value is -1.98. The molecule has 0 saturated carbocycles. The second kappa shape index (κ2) is 11.0. The van der Waals surface area contributed by atoms with Crippen LogP contribution in [0.25, 0.3) is 0 Å². The fraction of sp³-hybridized carbons (Fsp3) is 0.545. The summed E-state index contributed by atoms with van der Waals surface area (Å²) >= 11 is 0. The Morgan fingerprint density at radius 1 is 1.15 bits per heavy atom. The molecule has 0 amide bonds. The molecule has 2 rings (SSSR count). The molecule has 27 heavy (non-hydrogen) atoms. The van der Waals surface area contributed by atoms with Crippen molar-refractivity contribution < 1.29 is 24.2 Å². The fourth-order valence-corrected chi connectivity index (χ4v) is 3.35. The summed E-state index contributed by atoms with van der Waals surface area (Å²) in [6.45, 7) is 3.58. The van der Waals surface area contributed by atoms with Crippen LogP contribution in [0.4, 0.5) is 0 Å². The van der Waals surface area contributed by atoms with E-state index in [-0.39, 0.29) is 24.6 Å². The molecule has 0 aliphatic carbocycles. The number of rotatable bonds is 1. The molecule has 148 valence electrons. The van der Waals surface area contributed by atoms with E-state index in [1.54, 1.807) is 18.2 Å². The number of hydrogen-bond acceptors (Lipinski definition) is 5. The molecule has 1 saturated heterocycles. The maximum absolute atomic E-state index is 12.0. The van der Waals surface area contributed by atoms with Crippen LogP contribution in [-0.2, 0) is 19.1 Å². The number of ketones is 1. The van der Waals surface area contributed by atoms with Crippen LogP contribution in [0.2, 0.25) is 0 Å². The van der Waals surface area contributed by atoms with E-state index < -0.39 is 12.1 Å². The van der Waals surface area contributed by atoms with Crippen molar-refractivity contribution in [3.8, 4) is 0 Å². The first kappa shape index (κ1) is 21.3. The van der Waals surface area contributed by atoms with Gasteiger partial charge in [-0.05, 0) is 45.6 Å². The number of cyclic esters (lactones) is 1. The molecule has 0 aromatic carbocycles. The summed E-state index contributed by atoms with van der Waals surface area (Å²) in [6, 6.07) is 0. The Morgan fingerprint density at radius 3 is 2.74 bits per heavy atom. The van der Waals surface area contributed by atoms with E-state index in [4.69, 9.17) is 9.47 Å². The molecule has 1 N–H and O–H groups in total. The number of aliphatic hydroxyl groups excluding tert-OH is 1. The van der Waals surface area contributed by atoms with Gasteiger partial charge in [-0.25, -0.2) is 4.79 Å². The quantitative estimate of drug-likeness (QED) is 0.561. The number of ether oxygens (including phenoxy) is 2. The van der Waals surface area contributed by atoms with Crippen LogP contribution in [-0.4, -0.2) is 41.8 Å². The fourth-order valence-electron chi connectivity index (χ4n) is 3.35. The minimum absolute atomic E-state index is 0.0202. The zero-order valence-corrected chi connectivity index (χ0v) is 16.2. The van der Waals surface area contributed by atoms with Crippen molar-refractivity contribution in [2.75, 3.05) is 6.61 Å². The molecule has 1 fully saturated rings. The maximum atomic E-state index is 12.0. The van der Waals surface area contributed by atoms with Crippen LogP contribution >= 0.6 is 0 Å². The lowest BCUT2D eigenvalue weighted by Crippen LogP contribution is -2.26. The second-order valence-corrected chi connectivity index (χ2v) is 7.34. The average Bonchev–Trinajstić information content (AvgIpc) is 2.60. The third-order valence-electron chi connectivity index (χ3n) is 4.66. The Bertz CT molecular complexity index is 641. The van der Waals surface area contributed by atoms with Crippen molar-refractivity contribution in [2.45, 2.75) is 70.7 Å². The Labute approximate surface area is 161 Å². The largest absolute Gasteiger partial charge is 0.456 e. The molecule has 2 heterocycles. The lowest BCUT2D eigenvalue weighted by Gasteiger charge is -2.28. The van der Waals surface area contributed by atoms with Gasteiger partial charge in [0.2, 0.25) is 0 Å². The minimum Gasteiger partial charge on any atom is -0.456 e. The van der Waals surface area contributed by atoms with Crippen molar-refractivity contribution >= 4 is 11.8 Å². The van der Waals surface area contributed by atoms with E-state index in [1.807, 2.05) is 19.9 Å². The van der Waals surface area contributed by atoms with Gasteiger partial charge in [0.1, 0.15) is 6.10 Å². The monoisotopic (exact) mass is 374 g/mol. The first-order chi connectivity index (χ1) is 13.0. The molecule has 2 bridgehead atoms. The summed E-state index contributed by atoms with van der Waals surface area (Å²) in [6.07, 6.45) is 14.3. The van der Waals surface area contributed by atoms with Crippen molar-refractivity contribution in [3.05, 3.63) is 47.6 Å². The molecule has 0 aromatic rings. The van der Waals surface area contributed by atoms with Crippen LogP contribution in [0, 0.1) is 0 Å². The molecule has 2 aliphatic heterocycles. The standard InChI is InChI=1S/C22H30O5/c1-16-6-3-11-22(25)27-21(15-23)14-17(2)13-20-10-5-9-19(26-20)8-4-7-18(24)12-16/h3-4,6-7,11,13,19-21,23H,5,8-10,12,14-15H2,1-2H3/b7-4+,11-3+,16-6-,17-13+/t19-,20-,21-/m0/s1. The van der Waals surface area contributed by atoms with E-state index >= 15 is 0 Å². The van der Waals surface area contributed by atoms with Crippen molar-refractivity contribution in [3.63, 3.8) is 0 Å². The second-order valence-electron chi connectivity index (χ2n) is 7.34. The average molecular weight is 374 g/mol. The number of fused-ring (bicyclic) bond motifs is 2. The number of carbonyl (C=O) groups is 2. The zero-order chi connectivity index (χ0) is 19.6. The lowest BCUT2D eigenvalue weighted by molar-refractivity contribution is -0.144. The summed E-state index contributed by atoms with van der Waals surface area (Å²) in [5, 5.41) is 9.51. The molecule has 0 radical (unpaired) electrons. The Morgan fingerprint density at radius 2 is 1.96 bits per heavy atom. The summed E-state index contributed by atoms with van der Waals surface area (Å²) in [5.41, 5.74) is 1.89. The van der Waals surface area contributed by atoms with Gasteiger partial charge in [0.25, 0.3) is 0 Å². The van der Waals surface area contributed by atoms with Gasteiger partial charge in [-0.1, -0.05) is 35.5 Å². The number of aliphatic hydroxyl groups is 1. The highest BCUT2D eigenvalue weighted by molar-refractivity contribution is 5.91. The molecule has 2 aliphatic rings. The Balaban J connectivity index is 2.16. The van der Waals surface area contributed by atoms with Crippen LogP contribution < -0.4 is 0 Å². The van der Waals surface area contributed by atoms with Gasteiger partial charge in [0.15, 0.2) is 5.78 Å². The maximum Gasteiger partial charge on any atom is 0.331 e. The smallest absolute Gasteiger partial charge is 0.331 e. The Kier molecular flexibility index (Phi) is 8.69. The molecule has 5 heteroatoms. The number of allylic oxidation sites excluding steroid dienone is 4. The highest BCUT2D eigenvalue weighted by Crippen LogP contribution is 2.24. The predicted octanol–water partition coefficient (Wildman–Crippen LogP) is 3.59. The van der Waals surface area contributed by atoms with E-state index in [9.17, 15) is 14.7 Å². The van der Waals surface area contributed by atoms with Gasteiger partial charge in [0, 0.05) is 18.9 Å². The van der Waals surface area contributed by atoms with E-state index in [1.165, 1.54) is 6.08 Å². The molecule has 0 unspecified atom stereocenters. The predicted molar refractivity (Wildman–Crippen MR) is 104 cm³/mol. The third kappa shape index (κ3) is 8.06. The van der Waals surface area contributed by atoms with Gasteiger partial charge in [-0.15, -0.1) is 0 Å². The first-order valence-corrected chi connectivity index (χ1v) is 9.63. The van der Waals surface area contributed by atoms with E-state index in [0.717, 1.165) is 36.8 Å².